The molecule has 3 aromatic heterocycles. The van der Waals surface area contributed by atoms with E-state index in [1.165, 1.54) is 16.0 Å². The van der Waals surface area contributed by atoms with Crippen molar-refractivity contribution in [2.75, 3.05) is 40.4 Å². The predicted molar refractivity (Wildman–Crippen MR) is 242 cm³/mol. The van der Waals surface area contributed by atoms with Gasteiger partial charge in [0.1, 0.15) is 18.1 Å². The maximum absolute atomic E-state index is 14.6. The lowest BCUT2D eigenvalue weighted by Crippen LogP contribution is -2.62. The highest BCUT2D eigenvalue weighted by Crippen LogP contribution is 2.42. The highest BCUT2D eigenvalue weighted by atomic mass is 16.5. The molecular formula is C48H63N9O7. The Morgan fingerprint density at radius 1 is 1.12 bits per heavy atom. The minimum absolute atomic E-state index is 0.0497. The number of likely N-dealkylation sites (tertiary alicyclic amines) is 1. The van der Waals surface area contributed by atoms with Crippen molar-refractivity contribution in [2.24, 2.45) is 17.3 Å². The van der Waals surface area contributed by atoms with E-state index in [9.17, 15) is 24.0 Å². The lowest BCUT2D eigenvalue weighted by molar-refractivity contribution is -0.155. The Morgan fingerprint density at radius 2 is 1.91 bits per heavy atom. The number of nitrogens with one attached hydrogen (secondary N) is 3. The summed E-state index contributed by atoms with van der Waals surface area (Å²) in [4.78, 5) is 76.8. The van der Waals surface area contributed by atoms with Crippen molar-refractivity contribution in [2.45, 2.75) is 104 Å². The number of benzene rings is 1. The summed E-state index contributed by atoms with van der Waals surface area (Å²) in [6.07, 6.45) is 4.84. The molecule has 64 heavy (non-hydrogen) atoms. The van der Waals surface area contributed by atoms with Crippen LogP contribution in [0.4, 0.5) is 0 Å². The zero-order chi connectivity index (χ0) is 46.0. The maximum Gasteiger partial charge on any atom is 0.324 e. The summed E-state index contributed by atoms with van der Waals surface area (Å²) in [5.41, 5.74) is 9.67. The molecule has 2 fully saturated rings. The molecule has 0 aliphatic carbocycles. The number of nitrogens with zero attached hydrogens (tertiary/aromatic N) is 6. The van der Waals surface area contributed by atoms with E-state index in [0.717, 1.165) is 39.0 Å². The second-order valence-corrected chi connectivity index (χ2v) is 18.5. The summed E-state index contributed by atoms with van der Waals surface area (Å²) in [5.74, 6) is -2.68. The number of esters is 1. The fraction of sp³-hybridized carbons (Fsp3) is 0.521. The number of carbonyl (C=O) groups is 5. The van der Waals surface area contributed by atoms with Gasteiger partial charge in [-0.05, 0) is 87.4 Å². The molecule has 3 aliphatic rings. The molecular weight excluding hydrogens is 815 g/mol. The summed E-state index contributed by atoms with van der Waals surface area (Å²) in [6.45, 7) is 17.3. The fourth-order valence-electron chi connectivity index (χ4n) is 9.59. The van der Waals surface area contributed by atoms with E-state index in [0.29, 0.717) is 56.7 Å². The molecule has 2 saturated heterocycles. The van der Waals surface area contributed by atoms with Crippen LogP contribution in [0.3, 0.4) is 0 Å². The van der Waals surface area contributed by atoms with Crippen molar-refractivity contribution in [1.29, 1.82) is 0 Å². The van der Waals surface area contributed by atoms with Gasteiger partial charge in [-0.15, -0.1) is 0 Å². The third-order valence-corrected chi connectivity index (χ3v) is 13.0. The molecule has 0 unspecified atom stereocenters. The van der Waals surface area contributed by atoms with Crippen LogP contribution < -0.4 is 10.7 Å². The summed E-state index contributed by atoms with van der Waals surface area (Å²) >= 11 is 0. The van der Waals surface area contributed by atoms with Crippen LogP contribution in [0.5, 0.6) is 0 Å². The van der Waals surface area contributed by atoms with Gasteiger partial charge in [0.05, 0.1) is 35.7 Å². The zero-order valence-electron chi connectivity index (χ0n) is 38.4. The Labute approximate surface area is 375 Å². The Morgan fingerprint density at radius 3 is 2.62 bits per heavy atom. The van der Waals surface area contributed by atoms with Crippen LogP contribution in [-0.4, -0.2) is 123 Å². The van der Waals surface area contributed by atoms with Gasteiger partial charge in [0.15, 0.2) is 0 Å². The fourth-order valence-corrected chi connectivity index (χ4v) is 9.59. The number of hydrogen-bond donors (Lipinski definition) is 3. The van der Waals surface area contributed by atoms with Crippen molar-refractivity contribution in [1.82, 2.24) is 45.3 Å². The van der Waals surface area contributed by atoms with Gasteiger partial charge in [-0.1, -0.05) is 40.3 Å². The minimum Gasteiger partial charge on any atom is -0.464 e. The first-order chi connectivity index (χ1) is 30.5. The second-order valence-electron chi connectivity index (χ2n) is 18.5. The molecule has 1 aromatic carbocycles. The molecule has 16 nitrogen and oxygen atoms in total. The van der Waals surface area contributed by atoms with Crippen LogP contribution in [0.2, 0.25) is 0 Å². The lowest BCUT2D eigenvalue weighted by Gasteiger charge is -2.37. The van der Waals surface area contributed by atoms with Gasteiger partial charge in [-0.25, -0.2) is 5.43 Å². The lowest BCUT2D eigenvalue weighted by atomic mass is 9.84. The molecule has 6 heterocycles. The Hall–Kier alpha value is -5.87. The number of aryl methyl sites for hydroxylation is 1. The van der Waals surface area contributed by atoms with Crippen molar-refractivity contribution >= 4 is 40.5 Å². The van der Waals surface area contributed by atoms with Gasteiger partial charge in [-0.3, -0.25) is 39.1 Å². The van der Waals surface area contributed by atoms with E-state index in [-0.39, 0.29) is 43.4 Å². The largest absolute Gasteiger partial charge is 0.464 e. The molecule has 342 valence electrons. The normalized spacial score (nSPS) is 21.3. The summed E-state index contributed by atoms with van der Waals surface area (Å²) in [6, 6.07) is 9.39. The number of aromatic nitrogens is 4. The second kappa shape index (κ2) is 19.1. The Bertz CT molecular complexity index is 2420. The first-order valence-corrected chi connectivity index (χ1v) is 22.5. The van der Waals surface area contributed by atoms with Gasteiger partial charge >= 0.3 is 5.97 Å². The number of aromatic amines is 1. The number of H-pyrrole nitrogens is 1. The number of carbonyl (C=O) groups excluding carboxylic acids is 5. The first-order valence-electron chi connectivity index (χ1n) is 22.5. The molecule has 3 aliphatic heterocycles. The molecule has 6 bridgehead atoms. The van der Waals surface area contributed by atoms with Gasteiger partial charge in [-0.2, -0.15) is 5.10 Å². The van der Waals surface area contributed by atoms with Crippen LogP contribution in [-0.2, 0) is 52.8 Å². The molecule has 4 aromatic rings. The number of amides is 4. The van der Waals surface area contributed by atoms with Gasteiger partial charge in [0.2, 0.25) is 17.7 Å². The standard InChI is InChI=1S/C48H63N9O7/c1-10-40(58)55-21-18-31(26-55)45(60)54(8)42(28(3)4)44(59)50-38-24-32-23-37(52-51-32)30-16-17-39-34(22-30)35(43(56(39)11-2)33-14-12-19-49-41(33)29(5)63-9)25-48(6,7)27-64-47(62)36-15-13-20-57(53-36)46(38)61/h10,12,14,16-17,19,22-23,28-29,31,36,38,42,53H,1,11,13,15,18,20-21,24-27H2,2-9H3,(H,50,59)(H,51,52)/t29-,31-,36-,38-,42-/m0/s1. The third-order valence-electron chi connectivity index (χ3n) is 13.0. The summed E-state index contributed by atoms with van der Waals surface area (Å²) in [5, 5.41) is 13.3. The topological polar surface area (TPSA) is 184 Å². The number of ether oxygens (including phenoxy) is 2. The van der Waals surface area contributed by atoms with E-state index in [4.69, 9.17) is 19.6 Å². The van der Waals surface area contributed by atoms with Crippen molar-refractivity contribution in [3.8, 4) is 22.5 Å². The number of rotatable bonds is 10. The van der Waals surface area contributed by atoms with Crippen LogP contribution in [0.25, 0.3) is 33.4 Å². The highest BCUT2D eigenvalue weighted by Gasteiger charge is 2.40. The van der Waals surface area contributed by atoms with Gasteiger partial charge in [0, 0.05) is 86.1 Å². The molecule has 7 rings (SSSR count). The highest BCUT2D eigenvalue weighted by molar-refractivity contribution is 5.96. The zero-order valence-corrected chi connectivity index (χ0v) is 38.4. The van der Waals surface area contributed by atoms with Gasteiger partial charge < -0.3 is 29.2 Å². The van der Waals surface area contributed by atoms with E-state index >= 15 is 0 Å². The van der Waals surface area contributed by atoms with Crippen LogP contribution in [0, 0.1) is 17.3 Å². The molecule has 5 atom stereocenters. The third kappa shape index (κ3) is 9.34. The van der Waals surface area contributed by atoms with E-state index in [2.05, 4.69) is 66.0 Å². The maximum atomic E-state index is 14.6. The molecule has 4 amide bonds. The van der Waals surface area contributed by atoms with E-state index in [1.807, 2.05) is 39.0 Å². The van der Waals surface area contributed by atoms with Gasteiger partial charge in [0.25, 0.3) is 5.91 Å². The predicted octanol–water partition coefficient (Wildman–Crippen LogP) is 4.99. The average molecular weight is 878 g/mol. The smallest absolute Gasteiger partial charge is 0.324 e. The summed E-state index contributed by atoms with van der Waals surface area (Å²) in [7, 11) is 3.27. The van der Waals surface area contributed by atoms with Crippen molar-refractivity contribution in [3.63, 3.8) is 0 Å². The SMILES string of the molecule is C=CC(=O)N1CC[C@H](C(=O)N(C)[C@H](C(=O)N[C@H]2Cc3cc(n[nH]3)-c3ccc4c(c3)c(c(-c3cccnc3[C@H](C)OC)n4CC)CC(C)(C)COC(=O)[C@@H]3CCCN(N3)C2=O)C(C)C)C1. The number of hydrogen-bond acceptors (Lipinski definition) is 10. The van der Waals surface area contributed by atoms with Crippen LogP contribution in [0.1, 0.15) is 83.9 Å². The van der Waals surface area contributed by atoms with Crippen LogP contribution in [0.15, 0.2) is 55.3 Å². The van der Waals surface area contributed by atoms with Crippen molar-refractivity contribution in [3.05, 3.63) is 72.2 Å². The Balaban J connectivity index is 1.27. The molecule has 0 saturated carbocycles. The number of pyridine rings is 1. The molecule has 0 radical (unpaired) electrons. The molecule has 3 N–H and O–H groups in total. The van der Waals surface area contributed by atoms with E-state index in [1.54, 1.807) is 25.3 Å². The van der Waals surface area contributed by atoms with Crippen molar-refractivity contribution < 1.29 is 33.4 Å². The monoisotopic (exact) mass is 877 g/mol. The molecule has 16 heteroatoms. The number of hydrazine groups is 1. The molecule has 0 spiro atoms. The quantitative estimate of drug-likeness (QED) is 0.145. The number of likely N-dealkylation sites (N-methyl/N-ethyl adjacent to an activating group) is 1. The number of cyclic esters (lactones) is 1. The van der Waals surface area contributed by atoms with E-state index < -0.39 is 47.2 Å². The number of fused-ring (bicyclic) bond motifs is 6. The first kappa shape index (κ1) is 46.1. The Kier molecular flexibility index (Phi) is 13.8. The summed E-state index contributed by atoms with van der Waals surface area (Å²) < 4.78 is 14.2. The number of methoxy groups -OCH3 is 1. The average Bonchev–Trinajstić information content (AvgIpc) is 4.05. The minimum atomic E-state index is -1.10. The van der Waals surface area contributed by atoms with Crippen LogP contribution >= 0.6 is 0 Å².